The minimum Gasteiger partial charge on any atom is -0.495 e. The van der Waals surface area contributed by atoms with E-state index < -0.39 is 30.2 Å². The molecule has 0 saturated carbocycles. The number of hydrogen-bond acceptors (Lipinski definition) is 6. The second kappa shape index (κ2) is 10.1. The van der Waals surface area contributed by atoms with Gasteiger partial charge in [-0.1, -0.05) is 30.3 Å². The first-order valence-electron chi connectivity index (χ1n) is 11.3. The van der Waals surface area contributed by atoms with E-state index in [4.69, 9.17) is 4.74 Å². The van der Waals surface area contributed by atoms with Crippen LogP contribution < -0.4 is 4.74 Å². The first-order valence-corrected chi connectivity index (χ1v) is 11.3. The third kappa shape index (κ3) is 5.36. The Morgan fingerprint density at radius 2 is 1.95 bits per heavy atom. The van der Waals surface area contributed by atoms with Gasteiger partial charge in [-0.15, -0.1) is 0 Å². The molecule has 0 saturated heterocycles. The third-order valence-corrected chi connectivity index (χ3v) is 5.95. The van der Waals surface area contributed by atoms with Crippen LogP contribution in [0.15, 0.2) is 60.6 Å². The number of aliphatic hydroxyl groups is 1. The molecule has 0 aliphatic heterocycles. The number of amides is 1. The summed E-state index contributed by atoms with van der Waals surface area (Å²) in [6.45, 7) is 3.22. The van der Waals surface area contributed by atoms with Gasteiger partial charge in [-0.25, -0.2) is 9.78 Å². The van der Waals surface area contributed by atoms with Crippen LogP contribution in [0.5, 0.6) is 5.75 Å². The molecule has 37 heavy (non-hydrogen) atoms. The van der Waals surface area contributed by atoms with E-state index in [1.807, 2.05) is 6.92 Å². The molecule has 2 atom stereocenters. The molecule has 1 heterocycles. The van der Waals surface area contributed by atoms with E-state index >= 15 is 0 Å². The molecule has 1 aromatic heterocycles. The molecule has 4 rings (SSSR count). The SMILES string of the molecule is COc1cc(/C=C(\C)C(=O)N(OC(=O)C(F)(F)F)[C@@H]2c3ccccc3C[C@@H]2O)ccc1-n1cnc(C)c1. The lowest BCUT2D eigenvalue weighted by Gasteiger charge is -2.30. The van der Waals surface area contributed by atoms with Crippen LogP contribution in [-0.2, 0) is 20.8 Å². The smallest absolute Gasteiger partial charge is 0.493 e. The summed E-state index contributed by atoms with van der Waals surface area (Å²) >= 11 is 0. The van der Waals surface area contributed by atoms with Crippen molar-refractivity contribution in [2.75, 3.05) is 7.11 Å². The summed E-state index contributed by atoms with van der Waals surface area (Å²) in [5.41, 5.74) is 3.01. The van der Waals surface area contributed by atoms with Gasteiger partial charge in [0.25, 0.3) is 5.91 Å². The normalized spacial score (nSPS) is 17.3. The standard InChI is InChI=1S/C26H24F3N3O5/c1-15(10-17-8-9-20(22(11-17)36-3)31-13-16(2)30-14-31)24(34)32(37-25(35)26(27,28)29)23-19-7-5-4-6-18(19)12-21(23)33/h4-11,13-14,21,23,33H,12H2,1-3H3/b15-10+/t21-,23+/m0/s1. The van der Waals surface area contributed by atoms with Crippen molar-refractivity contribution >= 4 is 18.0 Å². The number of halogens is 3. The van der Waals surface area contributed by atoms with Crippen molar-refractivity contribution in [1.29, 1.82) is 0 Å². The number of benzene rings is 2. The maximum absolute atomic E-state index is 13.4. The summed E-state index contributed by atoms with van der Waals surface area (Å²) < 4.78 is 46.4. The summed E-state index contributed by atoms with van der Waals surface area (Å²) in [6.07, 6.45) is -1.67. The van der Waals surface area contributed by atoms with E-state index in [2.05, 4.69) is 9.82 Å². The molecule has 0 unspecified atom stereocenters. The van der Waals surface area contributed by atoms with Gasteiger partial charge in [0.05, 0.1) is 30.9 Å². The number of aryl methyl sites for hydroxylation is 1. The minimum absolute atomic E-state index is 0.0279. The molecule has 8 nitrogen and oxygen atoms in total. The molecule has 1 amide bonds. The number of nitrogens with zero attached hydrogens (tertiary/aromatic N) is 3. The second-order valence-corrected chi connectivity index (χ2v) is 8.60. The van der Waals surface area contributed by atoms with Crippen molar-refractivity contribution in [2.24, 2.45) is 0 Å². The molecule has 11 heteroatoms. The first-order chi connectivity index (χ1) is 17.5. The average molecular weight is 515 g/mol. The van der Waals surface area contributed by atoms with Crippen molar-refractivity contribution in [2.45, 2.75) is 38.6 Å². The van der Waals surface area contributed by atoms with Crippen LogP contribution in [-0.4, -0.2) is 51.0 Å². The molecular weight excluding hydrogens is 491 g/mol. The van der Waals surface area contributed by atoms with Crippen LogP contribution in [0.2, 0.25) is 0 Å². The number of carbonyl (C=O) groups is 2. The Kier molecular flexibility index (Phi) is 7.08. The van der Waals surface area contributed by atoms with Gasteiger partial charge in [-0.3, -0.25) is 4.79 Å². The molecule has 194 valence electrons. The maximum atomic E-state index is 13.4. The van der Waals surface area contributed by atoms with Crippen molar-refractivity contribution < 1.29 is 37.4 Å². The number of methoxy groups -OCH3 is 1. The predicted octanol–water partition coefficient (Wildman–Crippen LogP) is 4.10. The fraction of sp³-hybridized carbons (Fsp3) is 0.269. The number of hydroxylamine groups is 2. The third-order valence-electron chi connectivity index (χ3n) is 5.95. The lowest BCUT2D eigenvalue weighted by Crippen LogP contribution is -2.43. The molecule has 3 aromatic rings. The van der Waals surface area contributed by atoms with Crippen molar-refractivity contribution in [1.82, 2.24) is 14.6 Å². The average Bonchev–Trinajstić information content (AvgIpc) is 3.43. The molecule has 0 bridgehead atoms. The Bertz CT molecular complexity index is 1370. The summed E-state index contributed by atoms with van der Waals surface area (Å²) in [7, 11) is 1.48. The predicted molar refractivity (Wildman–Crippen MR) is 126 cm³/mol. The fourth-order valence-electron chi connectivity index (χ4n) is 4.24. The van der Waals surface area contributed by atoms with E-state index in [-0.39, 0.29) is 12.0 Å². The van der Waals surface area contributed by atoms with Gasteiger partial charge >= 0.3 is 12.1 Å². The van der Waals surface area contributed by atoms with Crippen molar-refractivity contribution in [3.05, 3.63) is 82.9 Å². The zero-order chi connectivity index (χ0) is 26.9. The Morgan fingerprint density at radius 1 is 1.22 bits per heavy atom. The molecule has 1 N–H and O–H groups in total. The Morgan fingerprint density at radius 3 is 2.59 bits per heavy atom. The van der Waals surface area contributed by atoms with E-state index in [9.17, 15) is 27.9 Å². The number of aliphatic hydroxyl groups excluding tert-OH is 1. The van der Waals surface area contributed by atoms with Crippen LogP contribution in [0.4, 0.5) is 13.2 Å². The summed E-state index contributed by atoms with van der Waals surface area (Å²) in [4.78, 5) is 33.8. The quantitative estimate of drug-likeness (QED) is 0.406. The monoisotopic (exact) mass is 515 g/mol. The number of hydrogen-bond donors (Lipinski definition) is 1. The van der Waals surface area contributed by atoms with Gasteiger partial charge < -0.3 is 19.2 Å². The lowest BCUT2D eigenvalue weighted by molar-refractivity contribution is -0.247. The zero-order valence-corrected chi connectivity index (χ0v) is 20.2. The number of imidazole rings is 1. The molecule has 1 aliphatic rings. The summed E-state index contributed by atoms with van der Waals surface area (Å²) in [6, 6.07) is 10.3. The molecule has 0 fully saturated rings. The minimum atomic E-state index is -5.34. The van der Waals surface area contributed by atoms with Crippen LogP contribution in [0.25, 0.3) is 11.8 Å². The van der Waals surface area contributed by atoms with Gasteiger partial charge in [-0.05, 0) is 48.7 Å². The van der Waals surface area contributed by atoms with Crippen LogP contribution in [0, 0.1) is 6.92 Å². The number of fused-ring (bicyclic) bond motifs is 1. The Balaban J connectivity index is 1.68. The van der Waals surface area contributed by atoms with E-state index in [0.29, 0.717) is 33.2 Å². The zero-order valence-electron chi connectivity index (χ0n) is 20.2. The number of rotatable bonds is 5. The van der Waals surface area contributed by atoms with Crippen molar-refractivity contribution in [3.63, 3.8) is 0 Å². The number of carbonyl (C=O) groups excluding carboxylic acids is 2. The van der Waals surface area contributed by atoms with E-state index in [0.717, 1.165) is 5.69 Å². The summed E-state index contributed by atoms with van der Waals surface area (Å²) in [5.74, 6) is -3.11. The van der Waals surface area contributed by atoms with E-state index in [1.54, 1.807) is 59.6 Å². The fourth-order valence-corrected chi connectivity index (χ4v) is 4.24. The molecule has 2 aromatic carbocycles. The lowest BCUT2D eigenvalue weighted by atomic mass is 10.1. The Labute approximate surface area is 210 Å². The topological polar surface area (TPSA) is 93.9 Å². The largest absolute Gasteiger partial charge is 0.495 e. The highest BCUT2D eigenvalue weighted by Crippen LogP contribution is 2.38. The highest BCUT2D eigenvalue weighted by molar-refractivity contribution is 5.98. The van der Waals surface area contributed by atoms with Gasteiger partial charge in [0.15, 0.2) is 0 Å². The maximum Gasteiger partial charge on any atom is 0.493 e. The van der Waals surface area contributed by atoms with Gasteiger partial charge in [0.1, 0.15) is 11.8 Å². The number of alkyl halides is 3. The molecule has 0 spiro atoms. The first kappa shape index (κ1) is 26.0. The van der Waals surface area contributed by atoms with Crippen LogP contribution >= 0.6 is 0 Å². The summed E-state index contributed by atoms with van der Waals surface area (Å²) in [5, 5.41) is 10.9. The van der Waals surface area contributed by atoms with Crippen LogP contribution in [0.1, 0.15) is 35.3 Å². The van der Waals surface area contributed by atoms with Crippen LogP contribution in [0.3, 0.4) is 0 Å². The van der Waals surface area contributed by atoms with E-state index in [1.165, 1.54) is 20.1 Å². The van der Waals surface area contributed by atoms with Gasteiger partial charge in [-0.2, -0.15) is 18.2 Å². The second-order valence-electron chi connectivity index (χ2n) is 8.60. The number of ether oxygens (including phenoxy) is 1. The highest BCUT2D eigenvalue weighted by Gasteiger charge is 2.47. The number of aromatic nitrogens is 2. The van der Waals surface area contributed by atoms with Crippen molar-refractivity contribution in [3.8, 4) is 11.4 Å². The Hall–Kier alpha value is -4.12. The molecule has 0 radical (unpaired) electrons. The highest BCUT2D eigenvalue weighted by atomic mass is 19.4. The molecular formula is C26H24F3N3O5. The molecule has 1 aliphatic carbocycles. The van der Waals surface area contributed by atoms with Gasteiger partial charge in [0, 0.05) is 18.2 Å². The van der Waals surface area contributed by atoms with Gasteiger partial charge in [0.2, 0.25) is 0 Å².